The maximum absolute atomic E-state index is 12.5. The number of carbonyl (C=O) groups excluding carboxylic acids is 2. The molecule has 0 saturated carbocycles. The van der Waals surface area contributed by atoms with Crippen LogP contribution >= 0.6 is 22.9 Å². The van der Waals surface area contributed by atoms with E-state index in [9.17, 15) is 19.7 Å². The molecule has 2 heterocycles. The van der Waals surface area contributed by atoms with Crippen LogP contribution in [-0.2, 0) is 9.53 Å². The van der Waals surface area contributed by atoms with Gasteiger partial charge in [0.2, 0.25) is 0 Å². The number of nitrogens with one attached hydrogen (secondary N) is 1. The van der Waals surface area contributed by atoms with Crippen LogP contribution in [0.1, 0.15) is 15.4 Å². The molecule has 9 nitrogen and oxygen atoms in total. The number of hydrogen-bond acceptors (Lipinski definition) is 7. The van der Waals surface area contributed by atoms with Gasteiger partial charge in [-0.2, -0.15) is 5.10 Å². The lowest BCUT2D eigenvalue weighted by molar-refractivity contribution is -0.383. The summed E-state index contributed by atoms with van der Waals surface area (Å²) in [6, 6.07) is 14.5. The summed E-state index contributed by atoms with van der Waals surface area (Å²) < 4.78 is 6.82. The van der Waals surface area contributed by atoms with Gasteiger partial charge in [-0.3, -0.25) is 14.9 Å². The highest BCUT2D eigenvalue weighted by Gasteiger charge is 2.20. The van der Waals surface area contributed by atoms with Crippen molar-refractivity contribution in [2.75, 3.05) is 11.9 Å². The van der Waals surface area contributed by atoms with Gasteiger partial charge in [-0.05, 0) is 43.3 Å². The van der Waals surface area contributed by atoms with Crippen molar-refractivity contribution in [2.24, 2.45) is 0 Å². The molecule has 2 aromatic carbocycles. The molecule has 2 aromatic heterocycles. The number of ether oxygens (including phenoxy) is 1. The zero-order valence-corrected chi connectivity index (χ0v) is 18.1. The third kappa shape index (κ3) is 4.32. The van der Waals surface area contributed by atoms with Gasteiger partial charge in [-0.25, -0.2) is 9.48 Å². The number of para-hydroxylation sites is 2. The Hall–Kier alpha value is -3.76. The molecule has 4 aromatic rings. The molecule has 4 rings (SSSR count). The third-order valence-electron chi connectivity index (χ3n) is 4.53. The largest absolute Gasteiger partial charge is 0.451 e. The van der Waals surface area contributed by atoms with Crippen LogP contribution < -0.4 is 5.32 Å². The number of hydrogen-bond donors (Lipinski definition) is 1. The van der Waals surface area contributed by atoms with E-state index in [4.69, 9.17) is 16.3 Å². The third-order valence-corrected chi connectivity index (χ3v) is 5.87. The first kappa shape index (κ1) is 21.5. The molecule has 0 spiro atoms. The minimum atomic E-state index is -0.683. The van der Waals surface area contributed by atoms with Crippen molar-refractivity contribution in [3.8, 4) is 5.69 Å². The van der Waals surface area contributed by atoms with Crippen LogP contribution in [0.25, 0.3) is 15.9 Å². The second-order valence-corrected chi connectivity index (χ2v) is 8.17. The first-order valence-corrected chi connectivity index (χ1v) is 10.5. The Morgan fingerprint density at radius 1 is 1.22 bits per heavy atom. The van der Waals surface area contributed by atoms with E-state index in [1.54, 1.807) is 28.9 Å². The van der Waals surface area contributed by atoms with Gasteiger partial charge >= 0.3 is 5.97 Å². The van der Waals surface area contributed by atoms with Gasteiger partial charge in [-0.15, -0.1) is 11.3 Å². The summed E-state index contributed by atoms with van der Waals surface area (Å²) in [6.07, 6.45) is 0. The number of carbonyl (C=O) groups is 2. The summed E-state index contributed by atoms with van der Waals surface area (Å²) in [6.45, 7) is 1.25. The SMILES string of the molecule is Cc1nn(-c2ccc(Cl)cc2)c2sc(C(=O)OCC(=O)Nc3ccccc3[N+](=O)[O-])cc12. The molecular weight excluding hydrogens is 456 g/mol. The maximum atomic E-state index is 12.5. The normalized spacial score (nSPS) is 10.8. The Kier molecular flexibility index (Phi) is 5.89. The standard InChI is InChI=1S/C21H15ClN4O5S/c1-12-15-10-18(32-20(15)25(24-12)14-8-6-13(22)7-9-14)21(28)31-11-19(27)23-16-4-2-3-5-17(16)26(29)30/h2-10H,11H2,1H3,(H,23,27). The fraction of sp³-hybridized carbons (Fsp3) is 0.0952. The summed E-state index contributed by atoms with van der Waals surface area (Å²) in [4.78, 5) is 36.1. The molecular formula is C21H15ClN4O5S. The number of benzene rings is 2. The number of fused-ring (bicyclic) bond motifs is 1. The van der Waals surface area contributed by atoms with Crippen LogP contribution in [0.4, 0.5) is 11.4 Å². The van der Waals surface area contributed by atoms with E-state index in [0.717, 1.165) is 21.6 Å². The smallest absolute Gasteiger partial charge is 0.348 e. The van der Waals surface area contributed by atoms with Crippen molar-refractivity contribution >= 4 is 56.4 Å². The number of nitro groups is 1. The van der Waals surface area contributed by atoms with Crippen LogP contribution in [-0.4, -0.2) is 33.2 Å². The minimum Gasteiger partial charge on any atom is -0.451 e. The number of halogens is 1. The Morgan fingerprint density at radius 2 is 1.94 bits per heavy atom. The number of nitro benzene ring substituents is 1. The summed E-state index contributed by atoms with van der Waals surface area (Å²) in [5.74, 6) is -1.36. The van der Waals surface area contributed by atoms with Crippen molar-refractivity contribution in [3.05, 3.63) is 80.3 Å². The number of aromatic nitrogens is 2. The second kappa shape index (κ2) is 8.77. The van der Waals surface area contributed by atoms with E-state index in [1.165, 1.54) is 29.5 Å². The van der Waals surface area contributed by atoms with Gasteiger partial charge < -0.3 is 10.1 Å². The number of esters is 1. The molecule has 11 heteroatoms. The number of rotatable bonds is 6. The van der Waals surface area contributed by atoms with E-state index in [1.807, 2.05) is 19.1 Å². The van der Waals surface area contributed by atoms with Gasteiger partial charge in [0.05, 0.1) is 16.3 Å². The molecule has 0 unspecified atom stereocenters. The summed E-state index contributed by atoms with van der Waals surface area (Å²) in [5.41, 5.74) is 1.30. The van der Waals surface area contributed by atoms with E-state index in [0.29, 0.717) is 9.90 Å². The Balaban J connectivity index is 1.48. The van der Waals surface area contributed by atoms with Gasteiger partial charge in [0.25, 0.3) is 11.6 Å². The molecule has 1 N–H and O–H groups in total. The highest BCUT2D eigenvalue weighted by atomic mass is 35.5. The molecule has 0 fully saturated rings. The van der Waals surface area contributed by atoms with Crippen molar-refractivity contribution < 1.29 is 19.2 Å². The number of aryl methyl sites for hydroxylation is 1. The van der Waals surface area contributed by atoms with Gasteiger partial charge in [0.1, 0.15) is 15.4 Å². The van der Waals surface area contributed by atoms with E-state index >= 15 is 0 Å². The predicted molar refractivity (Wildman–Crippen MR) is 121 cm³/mol. The van der Waals surface area contributed by atoms with Crippen LogP contribution in [0.5, 0.6) is 0 Å². The molecule has 0 aliphatic carbocycles. The highest BCUT2D eigenvalue weighted by Crippen LogP contribution is 2.31. The number of amides is 1. The van der Waals surface area contributed by atoms with Crippen molar-refractivity contribution in [1.29, 1.82) is 0 Å². The van der Waals surface area contributed by atoms with Crippen molar-refractivity contribution in [2.45, 2.75) is 6.92 Å². The molecule has 0 saturated heterocycles. The molecule has 0 radical (unpaired) electrons. The van der Waals surface area contributed by atoms with Crippen LogP contribution in [0.3, 0.4) is 0 Å². The number of thiophene rings is 1. The molecule has 0 bridgehead atoms. The molecule has 162 valence electrons. The summed E-state index contributed by atoms with van der Waals surface area (Å²) in [7, 11) is 0. The van der Waals surface area contributed by atoms with Crippen molar-refractivity contribution in [1.82, 2.24) is 9.78 Å². The molecule has 1 amide bonds. The average Bonchev–Trinajstić information content (AvgIpc) is 3.34. The Bertz CT molecular complexity index is 1350. The van der Waals surface area contributed by atoms with Crippen LogP contribution in [0.15, 0.2) is 54.6 Å². The first-order chi connectivity index (χ1) is 15.3. The summed E-state index contributed by atoms with van der Waals surface area (Å²) >= 11 is 7.14. The van der Waals surface area contributed by atoms with Crippen LogP contribution in [0, 0.1) is 17.0 Å². The van der Waals surface area contributed by atoms with Gasteiger partial charge in [0.15, 0.2) is 6.61 Å². The zero-order valence-electron chi connectivity index (χ0n) is 16.6. The lowest BCUT2D eigenvalue weighted by Crippen LogP contribution is -2.21. The fourth-order valence-electron chi connectivity index (χ4n) is 3.03. The monoisotopic (exact) mass is 470 g/mol. The Morgan fingerprint density at radius 3 is 2.66 bits per heavy atom. The van der Waals surface area contributed by atoms with E-state index in [-0.39, 0.29) is 11.4 Å². The van der Waals surface area contributed by atoms with Gasteiger partial charge in [0, 0.05) is 16.5 Å². The molecule has 0 aliphatic rings. The number of nitrogens with zero attached hydrogens (tertiary/aromatic N) is 3. The zero-order chi connectivity index (χ0) is 22.8. The minimum absolute atomic E-state index is 0.0269. The quantitative estimate of drug-likeness (QED) is 0.247. The maximum Gasteiger partial charge on any atom is 0.348 e. The van der Waals surface area contributed by atoms with Crippen LogP contribution in [0.2, 0.25) is 5.02 Å². The Labute approximate surface area is 190 Å². The fourth-order valence-corrected chi connectivity index (χ4v) is 4.23. The summed E-state index contributed by atoms with van der Waals surface area (Å²) in [5, 5.41) is 19.3. The molecule has 0 atom stereocenters. The average molecular weight is 471 g/mol. The number of anilines is 1. The van der Waals surface area contributed by atoms with Gasteiger partial charge in [-0.1, -0.05) is 23.7 Å². The lowest BCUT2D eigenvalue weighted by Gasteiger charge is -2.06. The lowest BCUT2D eigenvalue weighted by atomic mass is 10.2. The van der Waals surface area contributed by atoms with E-state index < -0.39 is 23.4 Å². The van der Waals surface area contributed by atoms with E-state index in [2.05, 4.69) is 10.4 Å². The van der Waals surface area contributed by atoms with Crippen molar-refractivity contribution in [3.63, 3.8) is 0 Å². The topological polar surface area (TPSA) is 116 Å². The highest BCUT2D eigenvalue weighted by molar-refractivity contribution is 7.20. The second-order valence-electron chi connectivity index (χ2n) is 6.70. The molecule has 32 heavy (non-hydrogen) atoms. The first-order valence-electron chi connectivity index (χ1n) is 9.29. The molecule has 0 aliphatic heterocycles. The predicted octanol–water partition coefficient (Wildman–Crippen LogP) is 4.75.